The third-order valence-corrected chi connectivity index (χ3v) is 7.16. The van der Waals surface area contributed by atoms with Crippen LogP contribution < -0.4 is 10.3 Å². The minimum absolute atomic E-state index is 0.175. The molecule has 0 amide bonds. The summed E-state index contributed by atoms with van der Waals surface area (Å²) in [5.41, 5.74) is 1.06. The predicted molar refractivity (Wildman–Crippen MR) is 131 cm³/mol. The standard InChI is InChI=1S/C28H30N2O6/c31-25-23(10-6-15-29-25)18-30-16-14-20(17-28(30)35-26(32)27(33)36-28)12-13-22-9-4-5-11-24(22)34-19-21-7-2-1-3-8-21/h4-6,9-11,15,20-21H,1-3,7-8,14,16-19H2,(H,29,31). The van der Waals surface area contributed by atoms with Crippen molar-refractivity contribution < 1.29 is 23.8 Å². The van der Waals surface area contributed by atoms with Gasteiger partial charge in [-0.25, -0.2) is 14.5 Å². The number of carbonyl (C=O) groups is 2. The second-order valence-corrected chi connectivity index (χ2v) is 9.71. The van der Waals surface area contributed by atoms with Gasteiger partial charge in [-0.15, -0.1) is 0 Å². The van der Waals surface area contributed by atoms with Gasteiger partial charge in [0.1, 0.15) is 5.75 Å². The fourth-order valence-electron chi connectivity index (χ4n) is 5.18. The molecular weight excluding hydrogens is 460 g/mol. The Morgan fingerprint density at radius 3 is 2.56 bits per heavy atom. The zero-order valence-corrected chi connectivity index (χ0v) is 20.2. The number of benzene rings is 1. The van der Waals surface area contributed by atoms with Gasteiger partial charge in [-0.05, 0) is 43.4 Å². The van der Waals surface area contributed by atoms with Gasteiger partial charge in [-0.2, -0.15) is 0 Å². The second-order valence-electron chi connectivity index (χ2n) is 9.71. The molecule has 2 aliphatic heterocycles. The summed E-state index contributed by atoms with van der Waals surface area (Å²) in [7, 11) is 0. The number of hydrogen-bond acceptors (Lipinski definition) is 7. The minimum Gasteiger partial charge on any atom is -0.492 e. The molecule has 2 aromatic rings. The van der Waals surface area contributed by atoms with E-state index in [0.717, 1.165) is 11.3 Å². The van der Waals surface area contributed by atoms with Crippen LogP contribution in [0.25, 0.3) is 0 Å². The first-order valence-corrected chi connectivity index (χ1v) is 12.6. The van der Waals surface area contributed by atoms with E-state index in [2.05, 4.69) is 16.8 Å². The number of nitrogens with zero attached hydrogens (tertiary/aromatic N) is 1. The van der Waals surface area contributed by atoms with Crippen LogP contribution in [0, 0.1) is 23.7 Å². The monoisotopic (exact) mass is 490 g/mol. The summed E-state index contributed by atoms with van der Waals surface area (Å²) < 4.78 is 17.0. The van der Waals surface area contributed by atoms with Gasteiger partial charge < -0.3 is 19.2 Å². The Labute approximate surface area is 209 Å². The first-order chi connectivity index (χ1) is 17.5. The fraction of sp³-hybridized carbons (Fsp3) is 0.464. The molecule has 8 nitrogen and oxygen atoms in total. The van der Waals surface area contributed by atoms with E-state index in [1.165, 1.54) is 32.1 Å². The number of pyridine rings is 1. The highest BCUT2D eigenvalue weighted by Gasteiger charge is 2.56. The van der Waals surface area contributed by atoms with Crippen LogP contribution in [0.2, 0.25) is 0 Å². The van der Waals surface area contributed by atoms with Crippen LogP contribution in [0.1, 0.15) is 56.1 Å². The highest BCUT2D eigenvalue weighted by Crippen LogP contribution is 2.38. The number of likely N-dealkylation sites (tertiary alicyclic amines) is 1. The maximum Gasteiger partial charge on any atom is 0.421 e. The smallest absolute Gasteiger partial charge is 0.421 e. The fourth-order valence-corrected chi connectivity index (χ4v) is 5.18. The molecule has 2 saturated heterocycles. The Hall–Kier alpha value is -3.57. The molecule has 0 bridgehead atoms. The highest BCUT2D eigenvalue weighted by molar-refractivity contribution is 6.31. The number of nitrogens with one attached hydrogen (secondary N) is 1. The third kappa shape index (κ3) is 5.31. The van der Waals surface area contributed by atoms with Gasteiger partial charge in [-0.3, -0.25) is 4.79 Å². The van der Waals surface area contributed by atoms with Gasteiger partial charge in [0.2, 0.25) is 0 Å². The van der Waals surface area contributed by atoms with Crippen molar-refractivity contribution in [1.29, 1.82) is 0 Å². The normalized spacial score (nSPS) is 21.9. The van der Waals surface area contributed by atoms with E-state index in [1.807, 2.05) is 24.3 Å². The molecule has 5 rings (SSSR count). The van der Waals surface area contributed by atoms with E-state index in [-0.39, 0.29) is 24.4 Å². The van der Waals surface area contributed by atoms with E-state index in [0.29, 0.717) is 31.1 Å². The first-order valence-electron chi connectivity index (χ1n) is 12.6. The van der Waals surface area contributed by atoms with E-state index >= 15 is 0 Å². The number of rotatable bonds is 5. The zero-order chi connectivity index (χ0) is 25.0. The molecule has 1 aromatic heterocycles. The van der Waals surface area contributed by atoms with Gasteiger partial charge in [0.25, 0.3) is 5.56 Å². The molecule has 1 atom stereocenters. The molecule has 0 radical (unpaired) electrons. The molecule has 1 unspecified atom stereocenters. The highest BCUT2D eigenvalue weighted by atomic mass is 16.8. The number of piperidine rings is 1. The van der Waals surface area contributed by atoms with Crippen LogP contribution in [0.15, 0.2) is 47.4 Å². The second kappa shape index (κ2) is 10.6. The van der Waals surface area contributed by atoms with Crippen molar-refractivity contribution in [2.75, 3.05) is 13.2 Å². The van der Waals surface area contributed by atoms with E-state index < -0.39 is 17.8 Å². The quantitative estimate of drug-likeness (QED) is 0.390. The summed E-state index contributed by atoms with van der Waals surface area (Å²) in [6.45, 7) is 1.31. The summed E-state index contributed by atoms with van der Waals surface area (Å²) in [5, 5.41) is 0. The van der Waals surface area contributed by atoms with Crippen molar-refractivity contribution in [1.82, 2.24) is 9.88 Å². The summed E-state index contributed by atoms with van der Waals surface area (Å²) in [5.74, 6) is 4.08. The molecule has 1 N–H and O–H groups in total. The molecule has 188 valence electrons. The molecule has 1 aliphatic carbocycles. The number of hydrogen-bond donors (Lipinski definition) is 1. The number of para-hydroxylation sites is 1. The lowest BCUT2D eigenvalue weighted by atomic mass is 9.90. The number of aromatic nitrogens is 1. The molecule has 3 fully saturated rings. The zero-order valence-electron chi connectivity index (χ0n) is 20.2. The Balaban J connectivity index is 1.31. The lowest BCUT2D eigenvalue weighted by molar-refractivity contribution is -0.271. The van der Waals surface area contributed by atoms with Crippen molar-refractivity contribution >= 4 is 11.9 Å². The van der Waals surface area contributed by atoms with Gasteiger partial charge in [0, 0.05) is 30.8 Å². The topological polar surface area (TPSA) is 97.9 Å². The summed E-state index contributed by atoms with van der Waals surface area (Å²) in [6, 6.07) is 11.2. The van der Waals surface area contributed by atoms with Crippen LogP contribution in [0.5, 0.6) is 5.75 Å². The number of esters is 2. The van der Waals surface area contributed by atoms with E-state index in [1.54, 1.807) is 23.2 Å². The maximum atomic E-state index is 12.2. The Morgan fingerprint density at radius 1 is 1.00 bits per heavy atom. The van der Waals surface area contributed by atoms with Crippen molar-refractivity contribution in [3.8, 4) is 17.6 Å². The van der Waals surface area contributed by atoms with Crippen molar-refractivity contribution in [3.05, 3.63) is 64.1 Å². The molecule has 1 aromatic carbocycles. The van der Waals surface area contributed by atoms with Crippen molar-refractivity contribution in [2.45, 2.75) is 57.4 Å². The van der Waals surface area contributed by atoms with Crippen LogP contribution in [0.3, 0.4) is 0 Å². The van der Waals surface area contributed by atoms with Crippen LogP contribution in [-0.4, -0.2) is 40.9 Å². The lowest BCUT2D eigenvalue weighted by Crippen LogP contribution is -2.55. The molecule has 8 heteroatoms. The largest absolute Gasteiger partial charge is 0.492 e. The van der Waals surface area contributed by atoms with Gasteiger partial charge in [0.15, 0.2) is 0 Å². The molecular formula is C28H30N2O6. The van der Waals surface area contributed by atoms with Crippen LogP contribution in [-0.2, 0) is 25.6 Å². The molecule has 3 heterocycles. The Morgan fingerprint density at radius 2 is 1.78 bits per heavy atom. The maximum absolute atomic E-state index is 12.2. The molecule has 1 spiro atoms. The van der Waals surface area contributed by atoms with Crippen molar-refractivity contribution in [3.63, 3.8) is 0 Å². The minimum atomic E-state index is -1.56. The number of ether oxygens (including phenoxy) is 3. The molecule has 3 aliphatic rings. The first kappa shape index (κ1) is 24.1. The summed E-state index contributed by atoms with van der Waals surface area (Å²) >= 11 is 0. The SMILES string of the molecule is O=C1OC2(CC(C#Cc3ccccc3OCC3CCCCC3)CCN2Cc2ccc[nH]c2=O)OC1=O. The van der Waals surface area contributed by atoms with Crippen LogP contribution >= 0.6 is 0 Å². The van der Waals surface area contributed by atoms with Gasteiger partial charge in [0.05, 0.1) is 18.6 Å². The van der Waals surface area contributed by atoms with E-state index in [4.69, 9.17) is 14.2 Å². The third-order valence-electron chi connectivity index (χ3n) is 7.16. The summed E-state index contributed by atoms with van der Waals surface area (Å²) in [6.07, 6.45) is 8.68. The van der Waals surface area contributed by atoms with Crippen molar-refractivity contribution in [2.24, 2.45) is 11.8 Å². The van der Waals surface area contributed by atoms with E-state index in [9.17, 15) is 14.4 Å². The number of aromatic amines is 1. The lowest BCUT2D eigenvalue weighted by Gasteiger charge is -2.42. The summed E-state index contributed by atoms with van der Waals surface area (Å²) in [4.78, 5) is 40.6. The average Bonchev–Trinajstić information content (AvgIpc) is 3.18. The molecule has 1 saturated carbocycles. The number of carbonyl (C=O) groups excluding carboxylic acids is 2. The Bertz CT molecular complexity index is 1220. The predicted octanol–water partition coefficient (Wildman–Crippen LogP) is 3.35. The molecule has 36 heavy (non-hydrogen) atoms. The van der Waals surface area contributed by atoms with Gasteiger partial charge in [-0.1, -0.05) is 49.3 Å². The average molecular weight is 491 g/mol. The van der Waals surface area contributed by atoms with Crippen LogP contribution in [0.4, 0.5) is 0 Å². The van der Waals surface area contributed by atoms with Gasteiger partial charge >= 0.3 is 17.8 Å². The Kier molecular flexibility index (Phi) is 7.10. The number of H-pyrrole nitrogens is 1.